The van der Waals surface area contributed by atoms with Gasteiger partial charge in [0.1, 0.15) is 6.10 Å². The number of halogens is 1. The number of ether oxygens (including phenoxy) is 1. The molecule has 1 atom stereocenters. The van der Waals surface area contributed by atoms with E-state index in [1.165, 1.54) is 5.69 Å². The summed E-state index contributed by atoms with van der Waals surface area (Å²) in [6, 6.07) is 0. The number of aromatic nitrogens is 2. The molecule has 1 aromatic heterocycles. The molecule has 0 saturated carbocycles. The lowest BCUT2D eigenvalue weighted by Gasteiger charge is -1.99. The molecular weight excluding hydrogens is 220 g/mol. The van der Waals surface area contributed by atoms with Crippen LogP contribution in [0.4, 0.5) is 0 Å². The van der Waals surface area contributed by atoms with Crippen molar-refractivity contribution in [3.63, 3.8) is 0 Å². The molecule has 66 valence electrons. The fourth-order valence-corrected chi connectivity index (χ4v) is 1.50. The molecule has 1 aliphatic rings. The van der Waals surface area contributed by atoms with Crippen molar-refractivity contribution in [3.8, 4) is 0 Å². The molecule has 12 heavy (non-hydrogen) atoms. The third kappa shape index (κ3) is 1.41. The molecule has 0 aromatic carbocycles. The van der Waals surface area contributed by atoms with E-state index in [-0.39, 0.29) is 0 Å². The van der Waals surface area contributed by atoms with Gasteiger partial charge in [0.2, 0.25) is 0 Å². The zero-order valence-corrected chi connectivity index (χ0v) is 8.76. The monoisotopic (exact) mass is 230 g/mol. The molecule has 1 fully saturated rings. The van der Waals surface area contributed by atoms with E-state index in [9.17, 15) is 0 Å². The Morgan fingerprint density at radius 1 is 1.67 bits per heavy atom. The van der Waals surface area contributed by atoms with E-state index >= 15 is 0 Å². The van der Waals surface area contributed by atoms with Gasteiger partial charge in [0, 0.05) is 5.69 Å². The van der Waals surface area contributed by atoms with Crippen LogP contribution in [-0.2, 0) is 11.3 Å². The molecule has 1 aromatic rings. The van der Waals surface area contributed by atoms with Crippen LogP contribution in [0.1, 0.15) is 11.4 Å². The minimum Gasteiger partial charge on any atom is -0.371 e. The van der Waals surface area contributed by atoms with Crippen LogP contribution in [0.5, 0.6) is 0 Å². The Morgan fingerprint density at radius 3 is 2.75 bits per heavy atom. The molecule has 3 nitrogen and oxygen atoms in total. The van der Waals surface area contributed by atoms with Gasteiger partial charge in [-0.1, -0.05) is 0 Å². The molecule has 0 radical (unpaired) electrons. The number of hydrogen-bond donors (Lipinski definition) is 0. The van der Waals surface area contributed by atoms with Crippen molar-refractivity contribution < 1.29 is 4.74 Å². The molecule has 4 heteroatoms. The highest BCUT2D eigenvalue weighted by Crippen LogP contribution is 2.21. The van der Waals surface area contributed by atoms with Crippen LogP contribution in [0, 0.1) is 13.8 Å². The van der Waals surface area contributed by atoms with Crippen molar-refractivity contribution in [2.24, 2.45) is 0 Å². The average molecular weight is 231 g/mol. The van der Waals surface area contributed by atoms with E-state index in [0.29, 0.717) is 6.10 Å². The first kappa shape index (κ1) is 8.26. The van der Waals surface area contributed by atoms with Crippen molar-refractivity contribution in [2.45, 2.75) is 26.5 Å². The summed E-state index contributed by atoms with van der Waals surface area (Å²) in [5.74, 6) is 0. The van der Waals surface area contributed by atoms with E-state index in [1.54, 1.807) is 0 Å². The van der Waals surface area contributed by atoms with Crippen LogP contribution < -0.4 is 0 Å². The van der Waals surface area contributed by atoms with Crippen molar-refractivity contribution in [3.05, 3.63) is 15.9 Å². The smallest absolute Gasteiger partial charge is 0.100 e. The van der Waals surface area contributed by atoms with Gasteiger partial charge in [-0.3, -0.25) is 4.68 Å². The second-order valence-corrected chi connectivity index (χ2v) is 3.92. The summed E-state index contributed by atoms with van der Waals surface area (Å²) in [4.78, 5) is 0. The van der Waals surface area contributed by atoms with Crippen molar-refractivity contribution >= 4 is 15.9 Å². The van der Waals surface area contributed by atoms with Crippen molar-refractivity contribution in [1.29, 1.82) is 0 Å². The lowest BCUT2D eigenvalue weighted by molar-refractivity contribution is 0.371. The van der Waals surface area contributed by atoms with E-state index in [0.717, 1.165) is 23.3 Å². The fraction of sp³-hybridized carbons (Fsp3) is 0.625. The SMILES string of the molecule is Cc1nn(C[C@H]2CO2)c(C)c1Br. The zero-order valence-electron chi connectivity index (χ0n) is 7.17. The molecule has 2 heterocycles. The number of nitrogens with zero attached hydrogens (tertiary/aromatic N) is 2. The summed E-state index contributed by atoms with van der Waals surface area (Å²) in [5, 5.41) is 4.38. The maximum atomic E-state index is 5.14. The Labute approximate surface area is 79.8 Å². The van der Waals surface area contributed by atoms with Gasteiger partial charge in [-0.2, -0.15) is 5.10 Å². The van der Waals surface area contributed by atoms with Crippen LogP contribution in [0.25, 0.3) is 0 Å². The molecular formula is C8H11BrN2O. The predicted molar refractivity (Wildman–Crippen MR) is 49.1 cm³/mol. The molecule has 0 amide bonds. The van der Waals surface area contributed by atoms with E-state index in [1.807, 2.05) is 11.6 Å². The Hall–Kier alpha value is -0.350. The van der Waals surface area contributed by atoms with Crippen LogP contribution >= 0.6 is 15.9 Å². The number of rotatable bonds is 2. The first-order valence-electron chi connectivity index (χ1n) is 3.99. The Kier molecular flexibility index (Phi) is 1.96. The topological polar surface area (TPSA) is 30.4 Å². The van der Waals surface area contributed by atoms with Crippen molar-refractivity contribution in [2.75, 3.05) is 6.61 Å². The van der Waals surface area contributed by atoms with Gasteiger partial charge in [0.25, 0.3) is 0 Å². The zero-order chi connectivity index (χ0) is 8.72. The molecule has 0 bridgehead atoms. The second kappa shape index (κ2) is 2.85. The molecule has 0 N–H and O–H groups in total. The van der Waals surface area contributed by atoms with Crippen molar-refractivity contribution in [1.82, 2.24) is 9.78 Å². The molecule has 0 aliphatic carbocycles. The Bertz CT molecular complexity index is 304. The summed E-state index contributed by atoms with van der Waals surface area (Å²) in [6.07, 6.45) is 0.398. The number of aryl methyl sites for hydroxylation is 1. The summed E-state index contributed by atoms with van der Waals surface area (Å²) >= 11 is 3.49. The van der Waals surface area contributed by atoms with E-state index in [2.05, 4.69) is 28.0 Å². The molecule has 0 unspecified atom stereocenters. The van der Waals surface area contributed by atoms with Gasteiger partial charge in [-0.15, -0.1) is 0 Å². The quantitative estimate of drug-likeness (QED) is 0.724. The molecule has 1 aliphatic heterocycles. The summed E-state index contributed by atoms with van der Waals surface area (Å²) in [5.41, 5.74) is 2.23. The largest absolute Gasteiger partial charge is 0.371 e. The van der Waals surface area contributed by atoms with E-state index < -0.39 is 0 Å². The number of hydrogen-bond acceptors (Lipinski definition) is 2. The lowest BCUT2D eigenvalue weighted by Crippen LogP contribution is -2.07. The van der Waals surface area contributed by atoms with Gasteiger partial charge < -0.3 is 4.74 Å². The minimum absolute atomic E-state index is 0.398. The normalized spacial score (nSPS) is 21.4. The maximum absolute atomic E-state index is 5.14. The summed E-state index contributed by atoms with van der Waals surface area (Å²) < 4.78 is 8.25. The first-order valence-corrected chi connectivity index (χ1v) is 4.79. The maximum Gasteiger partial charge on any atom is 0.100 e. The Morgan fingerprint density at radius 2 is 2.33 bits per heavy atom. The van der Waals surface area contributed by atoms with Crippen LogP contribution in [0.2, 0.25) is 0 Å². The Balaban J connectivity index is 2.23. The first-order chi connectivity index (χ1) is 5.68. The van der Waals surface area contributed by atoms with Crippen LogP contribution in [0.3, 0.4) is 0 Å². The van der Waals surface area contributed by atoms with Gasteiger partial charge in [-0.25, -0.2) is 0 Å². The molecule has 0 spiro atoms. The van der Waals surface area contributed by atoms with Crippen LogP contribution in [-0.4, -0.2) is 22.5 Å². The third-order valence-electron chi connectivity index (χ3n) is 2.07. The van der Waals surface area contributed by atoms with Gasteiger partial charge >= 0.3 is 0 Å². The highest BCUT2D eigenvalue weighted by Gasteiger charge is 2.24. The number of epoxide rings is 1. The van der Waals surface area contributed by atoms with Crippen LogP contribution in [0.15, 0.2) is 4.47 Å². The standard InChI is InChI=1S/C8H11BrN2O/c1-5-8(9)6(2)11(10-5)3-7-4-12-7/h7H,3-4H2,1-2H3/t7-/m0/s1. The molecule has 2 rings (SSSR count). The van der Waals surface area contributed by atoms with E-state index in [4.69, 9.17) is 4.74 Å². The summed E-state index contributed by atoms with van der Waals surface area (Å²) in [7, 11) is 0. The highest BCUT2D eigenvalue weighted by atomic mass is 79.9. The lowest BCUT2D eigenvalue weighted by atomic mass is 10.4. The van der Waals surface area contributed by atoms with Gasteiger partial charge in [-0.05, 0) is 29.8 Å². The van der Waals surface area contributed by atoms with Gasteiger partial charge in [0.05, 0.1) is 23.3 Å². The highest BCUT2D eigenvalue weighted by molar-refractivity contribution is 9.10. The minimum atomic E-state index is 0.398. The fourth-order valence-electron chi connectivity index (χ4n) is 1.22. The van der Waals surface area contributed by atoms with Gasteiger partial charge in [0.15, 0.2) is 0 Å². The average Bonchev–Trinajstić information content (AvgIpc) is 2.80. The second-order valence-electron chi connectivity index (χ2n) is 3.12. The predicted octanol–water partition coefficient (Wildman–Crippen LogP) is 1.66. The summed E-state index contributed by atoms with van der Waals surface area (Å²) in [6.45, 7) is 5.84. The third-order valence-corrected chi connectivity index (χ3v) is 3.22. The molecule has 1 saturated heterocycles.